The number of fused-ring (bicyclic) bond motifs is 1. The lowest BCUT2D eigenvalue weighted by molar-refractivity contribution is -0.0262. The van der Waals surface area contributed by atoms with Crippen LogP contribution in [0.2, 0.25) is 0 Å². The van der Waals surface area contributed by atoms with Gasteiger partial charge in [-0.05, 0) is 73.4 Å². The molecule has 4 aliphatic rings. The molecule has 1 amide bonds. The number of nitrogens with zero attached hydrogens (tertiary/aromatic N) is 3. The van der Waals surface area contributed by atoms with Crippen LogP contribution in [0, 0.1) is 5.41 Å². The minimum absolute atomic E-state index is 0.0285. The Bertz CT molecular complexity index is 1430. The average molecular weight is 576 g/mol. The van der Waals surface area contributed by atoms with E-state index in [1.807, 2.05) is 13.1 Å². The second-order valence-corrected chi connectivity index (χ2v) is 13.4. The zero-order valence-electron chi connectivity index (χ0n) is 22.5. The average Bonchev–Trinajstić information content (AvgIpc) is 3.56. The third-order valence-electron chi connectivity index (χ3n) is 8.76. The maximum absolute atomic E-state index is 13.7. The van der Waals surface area contributed by atoms with Gasteiger partial charge in [0.2, 0.25) is 10.0 Å². The number of aliphatic hydroxyl groups is 1. The number of benzene rings is 2. The summed E-state index contributed by atoms with van der Waals surface area (Å²) in [6, 6.07) is 8.11. The van der Waals surface area contributed by atoms with Crippen molar-refractivity contribution in [1.29, 1.82) is 0 Å². The fourth-order valence-corrected chi connectivity index (χ4v) is 7.24. The summed E-state index contributed by atoms with van der Waals surface area (Å²) in [5.41, 5.74) is 4.40. The quantitative estimate of drug-likeness (QED) is 0.445. The van der Waals surface area contributed by atoms with Crippen LogP contribution in [0.25, 0.3) is 0 Å². The Hall–Kier alpha value is -2.96. The summed E-state index contributed by atoms with van der Waals surface area (Å²) in [6.45, 7) is 1.08. The van der Waals surface area contributed by atoms with Crippen molar-refractivity contribution in [3.05, 3.63) is 41.5 Å². The van der Waals surface area contributed by atoms with E-state index in [9.17, 15) is 22.0 Å². The van der Waals surface area contributed by atoms with Crippen LogP contribution < -0.4 is 24.7 Å². The maximum Gasteiger partial charge on any atom is 0.282 e. The third kappa shape index (κ3) is 5.12. The Morgan fingerprint density at radius 2 is 1.73 bits per heavy atom. The second-order valence-electron chi connectivity index (χ2n) is 11.6. The van der Waals surface area contributed by atoms with Gasteiger partial charge in [-0.25, -0.2) is 21.9 Å². The van der Waals surface area contributed by atoms with E-state index < -0.39 is 15.9 Å². The van der Waals surface area contributed by atoms with Crippen LogP contribution in [0.4, 0.5) is 31.5 Å². The molecular weight excluding hydrogens is 540 g/mol. The molecule has 40 heavy (non-hydrogen) atoms. The van der Waals surface area contributed by atoms with E-state index in [1.165, 1.54) is 31.0 Å². The highest BCUT2D eigenvalue weighted by atomic mass is 32.2. The van der Waals surface area contributed by atoms with Crippen molar-refractivity contribution in [3.8, 4) is 0 Å². The molecule has 0 bridgehead atoms. The number of amides is 1. The van der Waals surface area contributed by atoms with Gasteiger partial charge in [-0.2, -0.15) is 0 Å². The zero-order valence-corrected chi connectivity index (χ0v) is 23.4. The third-order valence-corrected chi connectivity index (χ3v) is 10.2. The molecule has 0 atom stereocenters. The molecule has 9 nitrogen and oxygen atoms in total. The van der Waals surface area contributed by atoms with Crippen LogP contribution >= 0.6 is 0 Å². The maximum atomic E-state index is 13.7. The summed E-state index contributed by atoms with van der Waals surface area (Å²) in [5.74, 6) is -3.11. The fourth-order valence-electron chi connectivity index (χ4n) is 6.20. The van der Waals surface area contributed by atoms with Gasteiger partial charge in [0, 0.05) is 38.9 Å². The summed E-state index contributed by atoms with van der Waals surface area (Å²) < 4.78 is 55.5. The monoisotopic (exact) mass is 575 g/mol. The van der Waals surface area contributed by atoms with Gasteiger partial charge in [0.05, 0.1) is 47.2 Å². The van der Waals surface area contributed by atoms with Crippen LogP contribution in [0.5, 0.6) is 0 Å². The molecule has 1 aliphatic carbocycles. The van der Waals surface area contributed by atoms with E-state index in [-0.39, 0.29) is 37.0 Å². The number of nitrogens with one attached hydrogen (secondary N) is 2. The fraction of sp³-hybridized carbons (Fsp3) is 0.536. The van der Waals surface area contributed by atoms with Crippen LogP contribution in [-0.2, 0) is 16.4 Å². The molecule has 3 heterocycles. The van der Waals surface area contributed by atoms with Gasteiger partial charge < -0.3 is 25.1 Å². The molecule has 2 saturated heterocycles. The molecule has 3 N–H and O–H groups in total. The van der Waals surface area contributed by atoms with Crippen LogP contribution in [0.15, 0.2) is 35.2 Å². The molecular formula is C28H35F2N5O4S. The molecule has 0 radical (unpaired) electrons. The summed E-state index contributed by atoms with van der Waals surface area (Å²) >= 11 is 0. The van der Waals surface area contributed by atoms with Gasteiger partial charge in [-0.1, -0.05) is 0 Å². The molecule has 3 aliphatic heterocycles. The standard InChI is InChI=1S/C28H35F2N5O4S/c1-33-10-4-19-14-20(15-24(25(19)33)35-17-28(29,30)18-35)32-26(37)22-3-2-21(40(38,39)31-9-13-36)16-23(22)34-11-7-27(5-6-27)8-12-34/h2-3,14-16,31,36H,4-13,17-18H2,1H3,(H,32,37). The number of carbonyl (C=O) groups excluding carboxylic acids is 1. The molecule has 1 saturated carbocycles. The van der Waals surface area contributed by atoms with E-state index >= 15 is 0 Å². The predicted octanol–water partition coefficient (Wildman–Crippen LogP) is 3.04. The Morgan fingerprint density at radius 3 is 2.38 bits per heavy atom. The second kappa shape index (κ2) is 9.85. The highest BCUT2D eigenvalue weighted by Gasteiger charge is 2.46. The van der Waals surface area contributed by atoms with Gasteiger partial charge >= 0.3 is 0 Å². The van der Waals surface area contributed by atoms with Crippen LogP contribution in [0.1, 0.15) is 41.6 Å². The topological polar surface area (TPSA) is 105 Å². The van der Waals surface area contributed by atoms with Gasteiger partial charge in [0.25, 0.3) is 11.8 Å². The van der Waals surface area contributed by atoms with E-state index in [2.05, 4.69) is 19.8 Å². The number of hydrogen-bond donors (Lipinski definition) is 3. The molecule has 6 rings (SSSR count). The molecule has 12 heteroatoms. The van der Waals surface area contributed by atoms with Gasteiger partial charge in [-0.15, -0.1) is 0 Å². The summed E-state index contributed by atoms with van der Waals surface area (Å²) in [4.78, 5) is 19.5. The van der Waals surface area contributed by atoms with Crippen molar-refractivity contribution in [2.75, 3.05) is 72.9 Å². The van der Waals surface area contributed by atoms with E-state index in [0.29, 0.717) is 28.0 Å². The number of anilines is 4. The Kier molecular flexibility index (Phi) is 6.70. The van der Waals surface area contributed by atoms with Crippen molar-refractivity contribution in [2.45, 2.75) is 42.9 Å². The van der Waals surface area contributed by atoms with Crippen molar-refractivity contribution < 1.29 is 27.1 Å². The van der Waals surface area contributed by atoms with Crippen molar-refractivity contribution >= 4 is 38.7 Å². The molecule has 2 aromatic rings. The number of hydrogen-bond acceptors (Lipinski definition) is 7. The lowest BCUT2D eigenvalue weighted by atomic mass is 9.93. The molecule has 0 unspecified atom stereocenters. The lowest BCUT2D eigenvalue weighted by Gasteiger charge is -2.42. The number of aliphatic hydroxyl groups excluding tert-OH is 1. The highest BCUT2D eigenvalue weighted by molar-refractivity contribution is 7.89. The summed E-state index contributed by atoms with van der Waals surface area (Å²) in [7, 11) is -1.93. The number of alkyl halides is 2. The number of likely N-dealkylation sites (N-methyl/N-ethyl adjacent to an activating group) is 1. The van der Waals surface area contributed by atoms with E-state index in [0.717, 1.165) is 50.1 Å². The van der Waals surface area contributed by atoms with Crippen molar-refractivity contribution in [2.24, 2.45) is 5.41 Å². The first kappa shape index (κ1) is 27.2. The molecule has 0 aromatic heterocycles. The van der Waals surface area contributed by atoms with E-state index in [4.69, 9.17) is 5.11 Å². The van der Waals surface area contributed by atoms with Gasteiger partial charge in [0.15, 0.2) is 0 Å². The largest absolute Gasteiger partial charge is 0.395 e. The molecule has 2 aromatic carbocycles. The van der Waals surface area contributed by atoms with Crippen LogP contribution in [0.3, 0.4) is 0 Å². The molecule has 1 spiro atoms. The normalized spacial score (nSPS) is 20.9. The molecule has 216 valence electrons. The minimum Gasteiger partial charge on any atom is -0.395 e. The van der Waals surface area contributed by atoms with Gasteiger partial charge in [-0.3, -0.25) is 4.79 Å². The number of carbonyl (C=O) groups is 1. The predicted molar refractivity (Wildman–Crippen MR) is 150 cm³/mol. The van der Waals surface area contributed by atoms with E-state index in [1.54, 1.807) is 11.0 Å². The minimum atomic E-state index is -3.87. The Labute approximate surface area is 233 Å². The van der Waals surface area contributed by atoms with Crippen molar-refractivity contribution in [1.82, 2.24) is 4.72 Å². The van der Waals surface area contributed by atoms with Crippen molar-refractivity contribution in [3.63, 3.8) is 0 Å². The molecule has 3 fully saturated rings. The zero-order chi connectivity index (χ0) is 28.3. The number of halogens is 2. The highest BCUT2D eigenvalue weighted by Crippen LogP contribution is 2.54. The number of rotatable bonds is 8. The summed E-state index contributed by atoms with van der Waals surface area (Å²) in [6.07, 6.45) is 5.17. The summed E-state index contributed by atoms with van der Waals surface area (Å²) in [5, 5.41) is 12.1. The first-order chi connectivity index (χ1) is 19.0. The Balaban J connectivity index is 1.31. The van der Waals surface area contributed by atoms with Crippen LogP contribution in [-0.4, -0.2) is 78.3 Å². The smallest absolute Gasteiger partial charge is 0.282 e. The first-order valence-corrected chi connectivity index (χ1v) is 15.3. The Morgan fingerprint density at radius 1 is 1.00 bits per heavy atom. The van der Waals surface area contributed by atoms with Gasteiger partial charge in [0.1, 0.15) is 0 Å². The number of piperidine rings is 1. The SMILES string of the molecule is CN1CCc2cc(NC(=O)c3ccc(S(=O)(=O)NCCO)cc3N3CCC4(CC3)CC4)cc(N3CC(F)(F)C3)c21. The number of sulfonamides is 1. The first-order valence-electron chi connectivity index (χ1n) is 13.8. The lowest BCUT2D eigenvalue weighted by Crippen LogP contribution is -2.56.